The number of hydrogen-bond donors (Lipinski definition) is 3. The van der Waals surface area contributed by atoms with E-state index in [0.717, 1.165) is 9.87 Å². The number of nitrogens with zero attached hydrogens (tertiary/aromatic N) is 1. The molecule has 0 saturated carbocycles. The van der Waals surface area contributed by atoms with E-state index in [1.807, 2.05) is 30.3 Å². The lowest BCUT2D eigenvalue weighted by Gasteiger charge is -2.19. The Kier molecular flexibility index (Phi) is 5.65. The minimum absolute atomic E-state index is 0.0586. The second-order valence-corrected chi connectivity index (χ2v) is 8.93. The highest BCUT2D eigenvalue weighted by Gasteiger charge is 2.28. The van der Waals surface area contributed by atoms with Crippen LogP contribution in [0.2, 0.25) is 5.02 Å². The maximum Gasteiger partial charge on any atom is 0.253 e. The lowest BCUT2D eigenvalue weighted by Crippen LogP contribution is -2.36. The standard InChI is InChI=1S/C19H18ClN3O5S/c1-23(2)29(27,28)19-12(20)8-9-13(16(19)24)22-15-14(17(25)18(15)26)21-10-11-6-4-3-5-7-11/h3-9,21-22,24H,10H2,1-2H3. The van der Waals surface area contributed by atoms with Crippen molar-refractivity contribution >= 4 is 38.7 Å². The average Bonchev–Trinajstić information content (AvgIpc) is 2.69. The lowest BCUT2D eigenvalue weighted by atomic mass is 10.1. The van der Waals surface area contributed by atoms with Gasteiger partial charge in [0, 0.05) is 20.6 Å². The van der Waals surface area contributed by atoms with E-state index in [1.54, 1.807) is 0 Å². The lowest BCUT2D eigenvalue weighted by molar-refractivity contribution is 0.455. The van der Waals surface area contributed by atoms with Crippen LogP contribution < -0.4 is 21.5 Å². The van der Waals surface area contributed by atoms with E-state index in [0.29, 0.717) is 6.54 Å². The van der Waals surface area contributed by atoms with E-state index in [-0.39, 0.29) is 22.1 Å². The summed E-state index contributed by atoms with van der Waals surface area (Å²) >= 11 is 5.97. The van der Waals surface area contributed by atoms with Gasteiger partial charge in [-0.1, -0.05) is 41.9 Å². The monoisotopic (exact) mass is 435 g/mol. The minimum atomic E-state index is -4.04. The number of aromatic hydroxyl groups is 1. The fourth-order valence-electron chi connectivity index (χ4n) is 2.68. The Hall–Kier alpha value is -2.88. The summed E-state index contributed by atoms with van der Waals surface area (Å²) in [6, 6.07) is 11.9. The first kappa shape index (κ1) is 20.8. The molecular formula is C19H18ClN3O5S. The number of halogens is 1. The molecule has 3 aromatic carbocycles. The molecule has 29 heavy (non-hydrogen) atoms. The third kappa shape index (κ3) is 3.84. The van der Waals surface area contributed by atoms with Crippen LogP contribution in [0.25, 0.3) is 0 Å². The minimum Gasteiger partial charge on any atom is -0.504 e. The first-order valence-corrected chi connectivity index (χ1v) is 10.3. The quantitative estimate of drug-likeness (QED) is 0.385. The highest BCUT2D eigenvalue weighted by atomic mass is 35.5. The zero-order valence-electron chi connectivity index (χ0n) is 15.6. The smallest absolute Gasteiger partial charge is 0.253 e. The molecule has 0 aliphatic rings. The summed E-state index contributed by atoms with van der Waals surface area (Å²) in [5.41, 5.74) is -0.628. The van der Waals surface area contributed by atoms with Crippen LogP contribution in [0.4, 0.5) is 17.1 Å². The third-order valence-corrected chi connectivity index (χ3v) is 6.62. The molecule has 0 spiro atoms. The topological polar surface area (TPSA) is 116 Å². The van der Waals surface area contributed by atoms with E-state index >= 15 is 0 Å². The van der Waals surface area contributed by atoms with E-state index in [4.69, 9.17) is 11.6 Å². The van der Waals surface area contributed by atoms with Gasteiger partial charge in [0.05, 0.1) is 10.7 Å². The number of phenolic OH excluding ortho intramolecular Hbond substituents is 1. The molecule has 3 N–H and O–H groups in total. The van der Waals surface area contributed by atoms with Gasteiger partial charge in [-0.2, -0.15) is 0 Å². The molecule has 3 rings (SSSR count). The van der Waals surface area contributed by atoms with E-state index in [2.05, 4.69) is 10.6 Å². The number of hydrogen-bond acceptors (Lipinski definition) is 7. The Morgan fingerprint density at radius 3 is 2.24 bits per heavy atom. The van der Waals surface area contributed by atoms with Crippen molar-refractivity contribution in [3.63, 3.8) is 0 Å². The van der Waals surface area contributed by atoms with Gasteiger partial charge in [0.25, 0.3) is 10.9 Å². The van der Waals surface area contributed by atoms with Gasteiger partial charge in [-0.15, -0.1) is 0 Å². The van der Waals surface area contributed by atoms with Crippen LogP contribution in [0.15, 0.2) is 56.9 Å². The van der Waals surface area contributed by atoms with Crippen molar-refractivity contribution in [3.05, 3.63) is 73.5 Å². The Bertz CT molecular complexity index is 1230. The maximum absolute atomic E-state index is 12.4. The summed E-state index contributed by atoms with van der Waals surface area (Å²) < 4.78 is 25.8. The van der Waals surface area contributed by atoms with Gasteiger partial charge in [0.2, 0.25) is 10.0 Å². The van der Waals surface area contributed by atoms with Crippen molar-refractivity contribution in [1.82, 2.24) is 4.31 Å². The number of nitrogens with one attached hydrogen (secondary N) is 2. The summed E-state index contributed by atoms with van der Waals surface area (Å²) in [5, 5.41) is 15.8. The molecule has 3 aromatic rings. The molecule has 152 valence electrons. The molecule has 0 aliphatic heterocycles. The normalized spacial score (nSPS) is 11.7. The Morgan fingerprint density at radius 2 is 1.62 bits per heavy atom. The molecule has 0 unspecified atom stereocenters. The van der Waals surface area contributed by atoms with Gasteiger partial charge >= 0.3 is 0 Å². The van der Waals surface area contributed by atoms with Crippen molar-refractivity contribution < 1.29 is 13.5 Å². The number of rotatable bonds is 7. The second kappa shape index (κ2) is 7.86. The maximum atomic E-state index is 12.4. The first-order chi connectivity index (χ1) is 13.6. The fourth-order valence-corrected chi connectivity index (χ4v) is 4.15. The second-order valence-electron chi connectivity index (χ2n) is 6.43. The number of anilines is 3. The zero-order chi connectivity index (χ0) is 21.3. The molecule has 0 radical (unpaired) electrons. The molecule has 0 saturated heterocycles. The zero-order valence-corrected chi connectivity index (χ0v) is 17.1. The summed E-state index contributed by atoms with van der Waals surface area (Å²) in [6.45, 7) is 0.313. The average molecular weight is 436 g/mol. The van der Waals surface area contributed by atoms with Crippen LogP contribution >= 0.6 is 11.6 Å². The Balaban J connectivity index is 1.93. The van der Waals surface area contributed by atoms with Crippen LogP contribution in [0.1, 0.15) is 5.56 Å². The van der Waals surface area contributed by atoms with Crippen LogP contribution in [0.5, 0.6) is 5.75 Å². The molecule has 10 heteroatoms. The van der Waals surface area contributed by atoms with Crippen molar-refractivity contribution in [2.45, 2.75) is 11.4 Å². The van der Waals surface area contributed by atoms with Crippen molar-refractivity contribution in [2.24, 2.45) is 0 Å². The molecular weight excluding hydrogens is 418 g/mol. The van der Waals surface area contributed by atoms with Crippen LogP contribution in [0.3, 0.4) is 0 Å². The molecule has 0 aliphatic carbocycles. The summed E-state index contributed by atoms with van der Waals surface area (Å²) in [4.78, 5) is 23.5. The highest BCUT2D eigenvalue weighted by molar-refractivity contribution is 7.89. The Morgan fingerprint density at radius 1 is 1.00 bits per heavy atom. The van der Waals surface area contributed by atoms with Gasteiger partial charge < -0.3 is 15.7 Å². The Labute approximate surface area is 172 Å². The van der Waals surface area contributed by atoms with Gasteiger partial charge in [0.15, 0.2) is 5.75 Å². The molecule has 0 heterocycles. The fraction of sp³-hybridized carbons (Fsp3) is 0.158. The van der Waals surface area contributed by atoms with Crippen molar-refractivity contribution in [2.75, 3.05) is 24.7 Å². The predicted octanol–water partition coefficient (Wildman–Crippen LogP) is 2.25. The van der Waals surface area contributed by atoms with E-state index in [1.165, 1.54) is 26.2 Å². The summed E-state index contributed by atoms with van der Waals surface area (Å²) in [5.74, 6) is -0.645. The molecule has 0 aromatic heterocycles. The largest absolute Gasteiger partial charge is 0.504 e. The van der Waals surface area contributed by atoms with Crippen LogP contribution in [-0.4, -0.2) is 31.9 Å². The van der Waals surface area contributed by atoms with E-state index in [9.17, 15) is 23.1 Å². The number of phenols is 1. The predicted molar refractivity (Wildman–Crippen MR) is 112 cm³/mol. The summed E-state index contributed by atoms with van der Waals surface area (Å²) in [7, 11) is -1.44. The van der Waals surface area contributed by atoms with Gasteiger partial charge in [-0.25, -0.2) is 12.7 Å². The third-order valence-electron chi connectivity index (χ3n) is 4.30. The molecule has 0 atom stereocenters. The molecule has 0 bridgehead atoms. The molecule has 0 amide bonds. The highest BCUT2D eigenvalue weighted by Crippen LogP contribution is 2.39. The number of benzene rings is 2. The van der Waals surface area contributed by atoms with Crippen LogP contribution in [0, 0.1) is 0 Å². The van der Waals surface area contributed by atoms with E-state index < -0.39 is 31.5 Å². The first-order valence-electron chi connectivity index (χ1n) is 8.46. The van der Waals surface area contributed by atoms with Gasteiger partial charge in [-0.05, 0) is 17.7 Å². The van der Waals surface area contributed by atoms with Crippen LogP contribution in [-0.2, 0) is 16.6 Å². The molecule has 0 fully saturated rings. The molecule has 8 nitrogen and oxygen atoms in total. The SMILES string of the molecule is CN(C)S(=O)(=O)c1c(Cl)ccc(Nc2c(NCc3ccccc3)c(=O)c2=O)c1O. The van der Waals surface area contributed by atoms with Crippen molar-refractivity contribution in [3.8, 4) is 5.75 Å². The van der Waals surface area contributed by atoms with Gasteiger partial charge in [-0.3, -0.25) is 9.59 Å². The summed E-state index contributed by atoms with van der Waals surface area (Å²) in [6.07, 6.45) is 0. The number of sulfonamides is 1. The van der Waals surface area contributed by atoms with Gasteiger partial charge in [0.1, 0.15) is 16.3 Å². The van der Waals surface area contributed by atoms with Crippen molar-refractivity contribution in [1.29, 1.82) is 0 Å².